The van der Waals surface area contributed by atoms with E-state index in [1.165, 1.54) is 17.3 Å². The maximum Gasteiger partial charge on any atom is 0.191 e. The summed E-state index contributed by atoms with van der Waals surface area (Å²) in [6.45, 7) is 2.79. The van der Waals surface area contributed by atoms with E-state index in [0.29, 0.717) is 23.5 Å². The van der Waals surface area contributed by atoms with Crippen LogP contribution in [0.5, 0.6) is 11.5 Å². The molecule has 1 aromatic heterocycles. The Bertz CT molecular complexity index is 941. The zero-order valence-corrected chi connectivity index (χ0v) is 17.0. The molecule has 0 aliphatic carbocycles. The van der Waals surface area contributed by atoms with Gasteiger partial charge in [-0.25, -0.2) is 0 Å². The van der Waals surface area contributed by atoms with Crippen molar-refractivity contribution in [1.82, 2.24) is 14.8 Å². The Hall–Kier alpha value is -2.80. The van der Waals surface area contributed by atoms with Crippen LogP contribution in [0.2, 0.25) is 0 Å². The lowest BCUT2D eigenvalue weighted by Crippen LogP contribution is -2.08. The normalized spacial score (nSPS) is 10.7. The molecule has 0 unspecified atom stereocenters. The number of Topliss-reactive ketones (excluding diaryl/α,β-unsaturated/α-hetero) is 1. The van der Waals surface area contributed by atoms with Crippen molar-refractivity contribution >= 4 is 17.5 Å². The van der Waals surface area contributed by atoms with Crippen molar-refractivity contribution in [1.29, 1.82) is 0 Å². The van der Waals surface area contributed by atoms with Crippen molar-refractivity contribution in [3.63, 3.8) is 0 Å². The van der Waals surface area contributed by atoms with Gasteiger partial charge in [-0.3, -0.25) is 4.79 Å². The highest BCUT2D eigenvalue weighted by Gasteiger charge is 2.17. The van der Waals surface area contributed by atoms with Gasteiger partial charge in [0.05, 0.1) is 25.5 Å². The SMILES string of the molecule is CCn1c(Cc2ccccc2)nnc1SCC(=O)c1cc(OC)ccc1OC. The molecule has 146 valence electrons. The van der Waals surface area contributed by atoms with Crippen LogP contribution in [-0.2, 0) is 13.0 Å². The highest BCUT2D eigenvalue weighted by atomic mass is 32.2. The molecule has 0 spiro atoms. The molecule has 0 N–H and O–H groups in total. The molecule has 7 heteroatoms. The lowest BCUT2D eigenvalue weighted by atomic mass is 10.1. The molecule has 0 saturated carbocycles. The third-order valence-corrected chi connectivity index (χ3v) is 5.32. The summed E-state index contributed by atoms with van der Waals surface area (Å²) in [6.07, 6.45) is 0.708. The van der Waals surface area contributed by atoms with E-state index in [1.54, 1.807) is 32.4 Å². The number of aromatic nitrogens is 3. The predicted octanol–water partition coefficient (Wildman–Crippen LogP) is 3.88. The largest absolute Gasteiger partial charge is 0.497 e. The van der Waals surface area contributed by atoms with Gasteiger partial charge in [-0.15, -0.1) is 10.2 Å². The molecule has 0 aliphatic rings. The van der Waals surface area contributed by atoms with E-state index in [-0.39, 0.29) is 11.5 Å². The molecule has 0 saturated heterocycles. The van der Waals surface area contributed by atoms with Crippen LogP contribution in [-0.4, -0.2) is 40.5 Å². The quantitative estimate of drug-likeness (QED) is 0.403. The molecular weight excluding hydrogens is 374 g/mol. The van der Waals surface area contributed by atoms with Crippen molar-refractivity contribution < 1.29 is 14.3 Å². The fourth-order valence-electron chi connectivity index (χ4n) is 2.89. The van der Waals surface area contributed by atoms with Gasteiger partial charge in [0.15, 0.2) is 10.9 Å². The lowest BCUT2D eigenvalue weighted by molar-refractivity contribution is 0.101. The fourth-order valence-corrected chi connectivity index (χ4v) is 3.80. The van der Waals surface area contributed by atoms with Gasteiger partial charge >= 0.3 is 0 Å². The summed E-state index contributed by atoms with van der Waals surface area (Å²) in [5, 5.41) is 9.36. The number of carbonyl (C=O) groups excluding carboxylic acids is 1. The summed E-state index contributed by atoms with van der Waals surface area (Å²) >= 11 is 1.38. The van der Waals surface area contributed by atoms with Crippen molar-refractivity contribution in [2.75, 3.05) is 20.0 Å². The third kappa shape index (κ3) is 4.54. The number of methoxy groups -OCH3 is 2. The zero-order chi connectivity index (χ0) is 19.9. The minimum absolute atomic E-state index is 0.0454. The summed E-state index contributed by atoms with van der Waals surface area (Å²) in [6, 6.07) is 15.4. The maximum absolute atomic E-state index is 12.7. The van der Waals surface area contributed by atoms with Crippen molar-refractivity contribution in [3.05, 3.63) is 65.5 Å². The molecule has 1 heterocycles. The number of rotatable bonds is 9. The average molecular weight is 398 g/mol. The summed E-state index contributed by atoms with van der Waals surface area (Å²) in [5.74, 6) is 2.25. The van der Waals surface area contributed by atoms with Gasteiger partial charge in [-0.05, 0) is 30.7 Å². The van der Waals surface area contributed by atoms with E-state index in [9.17, 15) is 4.79 Å². The maximum atomic E-state index is 12.7. The first-order valence-electron chi connectivity index (χ1n) is 9.00. The van der Waals surface area contributed by atoms with E-state index >= 15 is 0 Å². The van der Waals surface area contributed by atoms with E-state index < -0.39 is 0 Å². The first-order chi connectivity index (χ1) is 13.7. The molecule has 3 rings (SSSR count). The fraction of sp³-hybridized carbons (Fsp3) is 0.286. The molecule has 0 bridgehead atoms. The Morgan fingerprint density at radius 2 is 1.86 bits per heavy atom. The summed E-state index contributed by atoms with van der Waals surface area (Å²) < 4.78 is 12.6. The molecule has 2 aromatic carbocycles. The van der Waals surface area contributed by atoms with Crippen LogP contribution in [0.3, 0.4) is 0 Å². The Morgan fingerprint density at radius 3 is 2.54 bits per heavy atom. The second-order valence-corrected chi connectivity index (χ2v) is 7.03. The number of ether oxygens (including phenoxy) is 2. The Kier molecular flexibility index (Phi) is 6.71. The Morgan fingerprint density at radius 1 is 1.07 bits per heavy atom. The van der Waals surface area contributed by atoms with Gasteiger partial charge < -0.3 is 14.0 Å². The molecule has 0 atom stereocenters. The van der Waals surface area contributed by atoms with Gasteiger partial charge in [-0.2, -0.15) is 0 Å². The second kappa shape index (κ2) is 9.41. The highest BCUT2D eigenvalue weighted by molar-refractivity contribution is 7.99. The first kappa shape index (κ1) is 19.9. The van der Waals surface area contributed by atoms with Crippen LogP contribution >= 0.6 is 11.8 Å². The molecule has 0 amide bonds. The Balaban J connectivity index is 1.73. The van der Waals surface area contributed by atoms with Gasteiger partial charge in [0, 0.05) is 13.0 Å². The number of thioether (sulfide) groups is 1. The van der Waals surface area contributed by atoms with Gasteiger partial charge in [0.25, 0.3) is 0 Å². The van der Waals surface area contributed by atoms with Crippen LogP contribution in [0, 0.1) is 0 Å². The number of hydrogen-bond donors (Lipinski definition) is 0. The van der Waals surface area contributed by atoms with Gasteiger partial charge in [0.2, 0.25) is 0 Å². The van der Waals surface area contributed by atoms with E-state index in [0.717, 1.165) is 17.5 Å². The van der Waals surface area contributed by atoms with Gasteiger partial charge in [-0.1, -0.05) is 42.1 Å². The number of carbonyl (C=O) groups is 1. The van der Waals surface area contributed by atoms with Crippen molar-refractivity contribution in [2.45, 2.75) is 25.0 Å². The molecular formula is C21H23N3O3S. The van der Waals surface area contributed by atoms with Crippen LogP contribution in [0.1, 0.15) is 28.7 Å². The molecule has 0 radical (unpaired) electrons. The van der Waals surface area contributed by atoms with E-state index in [1.807, 2.05) is 22.8 Å². The van der Waals surface area contributed by atoms with Crippen LogP contribution in [0.25, 0.3) is 0 Å². The summed E-state index contributed by atoms with van der Waals surface area (Å²) in [7, 11) is 3.12. The topological polar surface area (TPSA) is 66.2 Å². The molecule has 28 heavy (non-hydrogen) atoms. The standard InChI is InChI=1S/C21H23N3O3S/c1-4-24-20(12-15-8-6-5-7-9-15)22-23-21(24)28-14-18(25)17-13-16(26-2)10-11-19(17)27-3/h5-11,13H,4,12,14H2,1-3H3. The summed E-state index contributed by atoms with van der Waals surface area (Å²) in [4.78, 5) is 12.7. The highest BCUT2D eigenvalue weighted by Crippen LogP contribution is 2.27. The predicted molar refractivity (Wildman–Crippen MR) is 110 cm³/mol. The van der Waals surface area contributed by atoms with Crippen LogP contribution in [0.4, 0.5) is 0 Å². The Labute approximate surface area is 168 Å². The lowest BCUT2D eigenvalue weighted by Gasteiger charge is -2.10. The first-order valence-corrected chi connectivity index (χ1v) is 9.98. The van der Waals surface area contributed by atoms with Crippen molar-refractivity contribution in [3.8, 4) is 11.5 Å². The molecule has 0 fully saturated rings. The van der Waals surface area contributed by atoms with Crippen LogP contribution in [0.15, 0.2) is 53.7 Å². The number of benzene rings is 2. The number of ketones is 1. The average Bonchev–Trinajstić information content (AvgIpc) is 3.13. The van der Waals surface area contributed by atoms with E-state index in [2.05, 4.69) is 29.3 Å². The number of nitrogens with zero attached hydrogens (tertiary/aromatic N) is 3. The molecule has 0 aliphatic heterocycles. The second-order valence-electron chi connectivity index (χ2n) is 6.08. The minimum atomic E-state index is -0.0454. The monoisotopic (exact) mass is 397 g/mol. The number of hydrogen-bond acceptors (Lipinski definition) is 6. The van der Waals surface area contributed by atoms with Crippen LogP contribution < -0.4 is 9.47 Å². The third-order valence-electron chi connectivity index (χ3n) is 4.35. The smallest absolute Gasteiger partial charge is 0.191 e. The zero-order valence-electron chi connectivity index (χ0n) is 16.2. The van der Waals surface area contributed by atoms with E-state index in [4.69, 9.17) is 9.47 Å². The van der Waals surface area contributed by atoms with Crippen molar-refractivity contribution in [2.24, 2.45) is 0 Å². The molecule has 6 nitrogen and oxygen atoms in total. The summed E-state index contributed by atoms with van der Waals surface area (Å²) in [5.41, 5.74) is 1.68. The molecule has 3 aromatic rings. The minimum Gasteiger partial charge on any atom is -0.497 e. The van der Waals surface area contributed by atoms with Gasteiger partial charge in [0.1, 0.15) is 17.3 Å².